The largest absolute Gasteiger partial charge is 0.400 e. The molecule has 0 heterocycles. The summed E-state index contributed by atoms with van der Waals surface area (Å²) in [6.45, 7) is 7.09. The minimum Gasteiger partial charge on any atom is -0.400 e. The molecule has 1 unspecified atom stereocenters. The van der Waals surface area contributed by atoms with Gasteiger partial charge in [-0.3, -0.25) is 0 Å². The molecule has 0 saturated heterocycles. The third-order valence-corrected chi connectivity index (χ3v) is 6.93. The van der Waals surface area contributed by atoms with Crippen molar-refractivity contribution in [1.82, 2.24) is 0 Å². The van der Waals surface area contributed by atoms with Crippen LogP contribution in [0.3, 0.4) is 0 Å². The molecule has 0 aliphatic carbocycles. The van der Waals surface area contributed by atoms with Gasteiger partial charge in [0.1, 0.15) is 0 Å². The van der Waals surface area contributed by atoms with Crippen LogP contribution in [0.4, 0.5) is 0 Å². The summed E-state index contributed by atoms with van der Waals surface area (Å²) >= 11 is 0. The maximum atomic E-state index is 5.49. The zero-order valence-corrected chi connectivity index (χ0v) is 17.4. The van der Waals surface area contributed by atoms with Crippen LogP contribution < -0.4 is 0 Å². The molecule has 0 aliphatic heterocycles. The lowest BCUT2D eigenvalue weighted by Crippen LogP contribution is -2.42. The van der Waals surface area contributed by atoms with E-state index in [4.69, 9.17) is 8.85 Å². The summed E-state index contributed by atoms with van der Waals surface area (Å²) in [6, 6.07) is 0. The Balaban J connectivity index is 3.68. The van der Waals surface area contributed by atoms with Gasteiger partial charge in [0.15, 0.2) is 0 Å². The predicted molar refractivity (Wildman–Crippen MR) is 99.7 cm³/mol. The SMILES string of the molecule is CCCCCCCCCC[N+](C)(C)CCC(C)[SiH](OC)OC. The van der Waals surface area contributed by atoms with Gasteiger partial charge in [0.05, 0.1) is 27.2 Å². The smallest absolute Gasteiger partial charge is 0.324 e. The van der Waals surface area contributed by atoms with Crippen LogP contribution in [0, 0.1) is 0 Å². The second kappa shape index (κ2) is 13.5. The van der Waals surface area contributed by atoms with Crippen molar-refractivity contribution in [3.05, 3.63) is 0 Å². The van der Waals surface area contributed by atoms with E-state index >= 15 is 0 Å². The number of quaternary nitrogens is 1. The Bertz CT molecular complexity index is 245. The zero-order valence-electron chi connectivity index (χ0n) is 16.2. The van der Waals surface area contributed by atoms with Crippen molar-refractivity contribution >= 4 is 9.28 Å². The van der Waals surface area contributed by atoms with Crippen LogP contribution in [0.15, 0.2) is 0 Å². The Kier molecular flexibility index (Phi) is 13.6. The summed E-state index contributed by atoms with van der Waals surface area (Å²) in [5, 5.41) is 0. The van der Waals surface area contributed by atoms with Crippen molar-refractivity contribution in [3.63, 3.8) is 0 Å². The van der Waals surface area contributed by atoms with E-state index < -0.39 is 9.28 Å². The molecule has 0 aromatic rings. The van der Waals surface area contributed by atoms with Gasteiger partial charge in [-0.2, -0.15) is 0 Å². The van der Waals surface area contributed by atoms with Gasteiger partial charge in [0, 0.05) is 26.2 Å². The van der Waals surface area contributed by atoms with Gasteiger partial charge in [-0.1, -0.05) is 52.4 Å². The Morgan fingerprint density at radius 2 is 1.32 bits per heavy atom. The summed E-state index contributed by atoms with van der Waals surface area (Å²) < 4.78 is 12.1. The van der Waals surface area contributed by atoms with Gasteiger partial charge in [-0.05, 0) is 12.8 Å². The fraction of sp³-hybridized carbons (Fsp3) is 1.00. The average molecular weight is 333 g/mol. The molecule has 0 radical (unpaired) electrons. The minimum absolute atomic E-state index is 0.589. The lowest BCUT2D eigenvalue weighted by atomic mass is 10.1. The van der Waals surface area contributed by atoms with Crippen molar-refractivity contribution in [2.45, 2.75) is 77.2 Å². The van der Waals surface area contributed by atoms with Crippen LogP contribution in [0.2, 0.25) is 5.54 Å². The number of hydrogen-bond acceptors (Lipinski definition) is 2. The standard InChI is InChI=1S/C18H42NO2Si/c1-7-8-9-10-11-12-13-14-16-19(3,4)17-15-18(2)22(20-5)21-6/h18,22H,7-17H2,1-6H3/q+1. The van der Waals surface area contributed by atoms with E-state index in [1.54, 1.807) is 14.2 Å². The molecule has 134 valence electrons. The minimum atomic E-state index is -1.44. The molecular weight excluding hydrogens is 290 g/mol. The van der Waals surface area contributed by atoms with Gasteiger partial charge in [-0.15, -0.1) is 0 Å². The summed E-state index contributed by atoms with van der Waals surface area (Å²) in [6.07, 6.45) is 12.4. The van der Waals surface area contributed by atoms with E-state index in [2.05, 4.69) is 27.9 Å². The molecule has 0 rings (SSSR count). The maximum absolute atomic E-state index is 5.49. The second-order valence-corrected chi connectivity index (χ2v) is 10.3. The van der Waals surface area contributed by atoms with Crippen LogP contribution in [0.1, 0.15) is 71.6 Å². The first-order valence-electron chi connectivity index (χ1n) is 9.34. The highest BCUT2D eigenvalue weighted by atomic mass is 28.3. The van der Waals surface area contributed by atoms with Gasteiger partial charge >= 0.3 is 9.28 Å². The predicted octanol–water partition coefficient (Wildman–Crippen LogP) is 4.50. The lowest BCUT2D eigenvalue weighted by Gasteiger charge is -2.31. The molecule has 0 N–H and O–H groups in total. The van der Waals surface area contributed by atoms with Crippen molar-refractivity contribution in [1.29, 1.82) is 0 Å². The number of rotatable bonds is 15. The molecule has 4 heteroatoms. The monoisotopic (exact) mass is 332 g/mol. The topological polar surface area (TPSA) is 18.5 Å². The highest BCUT2D eigenvalue weighted by molar-refractivity contribution is 6.46. The molecule has 0 aromatic heterocycles. The van der Waals surface area contributed by atoms with Crippen LogP contribution in [0.25, 0.3) is 0 Å². The average Bonchev–Trinajstić information content (AvgIpc) is 2.49. The summed E-state index contributed by atoms with van der Waals surface area (Å²) in [5.74, 6) is 0. The number of nitrogens with zero attached hydrogens (tertiary/aromatic N) is 1. The third kappa shape index (κ3) is 11.6. The van der Waals surface area contributed by atoms with E-state index in [0.29, 0.717) is 5.54 Å². The van der Waals surface area contributed by atoms with E-state index in [1.807, 2.05) is 0 Å². The Morgan fingerprint density at radius 1 is 0.818 bits per heavy atom. The Hall–Kier alpha value is 0.0969. The van der Waals surface area contributed by atoms with Crippen LogP contribution in [-0.4, -0.2) is 55.2 Å². The van der Waals surface area contributed by atoms with Crippen molar-refractivity contribution in [2.75, 3.05) is 41.4 Å². The molecule has 0 spiro atoms. The summed E-state index contributed by atoms with van der Waals surface area (Å²) in [7, 11) is 6.87. The first-order valence-corrected chi connectivity index (χ1v) is 11.0. The molecule has 0 saturated carbocycles. The van der Waals surface area contributed by atoms with Crippen LogP contribution in [0.5, 0.6) is 0 Å². The normalized spacial score (nSPS) is 13.8. The Labute approximate surface area is 141 Å². The van der Waals surface area contributed by atoms with E-state index in [9.17, 15) is 0 Å². The van der Waals surface area contributed by atoms with Crippen molar-refractivity contribution in [2.24, 2.45) is 0 Å². The molecule has 0 aliphatic rings. The maximum Gasteiger partial charge on any atom is 0.324 e. The molecule has 0 bridgehead atoms. The number of unbranched alkanes of at least 4 members (excludes halogenated alkanes) is 7. The quantitative estimate of drug-likeness (QED) is 0.250. The Morgan fingerprint density at radius 3 is 1.82 bits per heavy atom. The molecule has 3 nitrogen and oxygen atoms in total. The van der Waals surface area contributed by atoms with Crippen LogP contribution >= 0.6 is 0 Å². The second-order valence-electron chi connectivity index (χ2n) is 7.46. The van der Waals surface area contributed by atoms with E-state index in [1.165, 1.54) is 70.9 Å². The first kappa shape index (κ1) is 22.1. The van der Waals surface area contributed by atoms with E-state index in [0.717, 1.165) is 4.48 Å². The molecule has 0 fully saturated rings. The summed E-state index contributed by atoms with van der Waals surface area (Å²) in [4.78, 5) is 0. The molecule has 0 amide bonds. The molecule has 0 aromatic carbocycles. The fourth-order valence-corrected chi connectivity index (χ4v) is 4.58. The fourth-order valence-electron chi connectivity index (χ4n) is 3.04. The summed E-state index contributed by atoms with van der Waals surface area (Å²) in [5.41, 5.74) is 0.589. The van der Waals surface area contributed by atoms with Gasteiger partial charge in [0.2, 0.25) is 0 Å². The van der Waals surface area contributed by atoms with Gasteiger partial charge in [0.25, 0.3) is 0 Å². The molecule has 22 heavy (non-hydrogen) atoms. The van der Waals surface area contributed by atoms with E-state index in [-0.39, 0.29) is 0 Å². The molecular formula is C18H42NO2Si+. The van der Waals surface area contributed by atoms with Gasteiger partial charge < -0.3 is 13.3 Å². The lowest BCUT2D eigenvalue weighted by molar-refractivity contribution is -0.890. The highest BCUT2D eigenvalue weighted by Crippen LogP contribution is 2.18. The van der Waals surface area contributed by atoms with Crippen LogP contribution in [-0.2, 0) is 8.85 Å². The highest BCUT2D eigenvalue weighted by Gasteiger charge is 2.23. The molecule has 1 atom stereocenters. The number of hydrogen-bond donors (Lipinski definition) is 0. The van der Waals surface area contributed by atoms with Crippen molar-refractivity contribution in [3.8, 4) is 0 Å². The first-order chi connectivity index (χ1) is 10.5. The van der Waals surface area contributed by atoms with Gasteiger partial charge in [-0.25, -0.2) is 0 Å². The van der Waals surface area contributed by atoms with Crippen molar-refractivity contribution < 1.29 is 13.3 Å². The third-order valence-electron chi connectivity index (χ3n) is 4.74. The zero-order chi connectivity index (χ0) is 16.8.